The van der Waals surface area contributed by atoms with Gasteiger partial charge < -0.3 is 4.74 Å². The van der Waals surface area contributed by atoms with E-state index in [1.807, 2.05) is 13.0 Å². The summed E-state index contributed by atoms with van der Waals surface area (Å²) in [6, 6.07) is 7.89. The summed E-state index contributed by atoms with van der Waals surface area (Å²) in [6.45, 7) is 8.43. The van der Waals surface area contributed by atoms with Crippen LogP contribution in [0, 0.1) is 6.92 Å². The molecular weight excluding hydrogens is 284 g/mol. The molecule has 0 amide bonds. The van der Waals surface area contributed by atoms with Crippen molar-refractivity contribution in [2.75, 3.05) is 0 Å². The van der Waals surface area contributed by atoms with E-state index in [9.17, 15) is 0 Å². The number of benzene rings is 1. The Balaban J connectivity index is 2.35. The van der Waals surface area contributed by atoms with E-state index in [0.29, 0.717) is 17.0 Å². The number of nitrogens with zero attached hydrogens (tertiary/aromatic N) is 2. The average molecular weight is 305 g/mol. The normalized spacial score (nSPS) is 11.0. The first-order valence-electron chi connectivity index (χ1n) is 7.31. The number of ether oxygens (including phenoxy) is 1. The monoisotopic (exact) mass is 304 g/mol. The van der Waals surface area contributed by atoms with Crippen LogP contribution in [0.15, 0.2) is 24.3 Å². The Kier molecular flexibility index (Phi) is 5.18. The minimum atomic E-state index is 0.382. The zero-order valence-electron chi connectivity index (χ0n) is 13.0. The molecule has 21 heavy (non-hydrogen) atoms. The third-order valence-corrected chi connectivity index (χ3v) is 3.39. The Hall–Kier alpha value is -1.61. The highest BCUT2D eigenvalue weighted by molar-refractivity contribution is 6.29. The van der Waals surface area contributed by atoms with Gasteiger partial charge in [0.1, 0.15) is 16.7 Å². The van der Waals surface area contributed by atoms with Crippen molar-refractivity contribution in [2.45, 2.75) is 46.5 Å². The molecule has 0 fully saturated rings. The van der Waals surface area contributed by atoms with Gasteiger partial charge in [-0.15, -0.1) is 0 Å². The van der Waals surface area contributed by atoms with Gasteiger partial charge >= 0.3 is 0 Å². The quantitative estimate of drug-likeness (QED) is 0.702. The summed E-state index contributed by atoms with van der Waals surface area (Å²) in [5, 5.41) is 0.419. The van der Waals surface area contributed by atoms with Gasteiger partial charge in [-0.1, -0.05) is 44.5 Å². The highest BCUT2D eigenvalue weighted by Crippen LogP contribution is 2.31. The fraction of sp³-hybridized carbons (Fsp3) is 0.412. The van der Waals surface area contributed by atoms with Gasteiger partial charge in [-0.2, -0.15) is 4.98 Å². The molecule has 3 nitrogen and oxygen atoms in total. The summed E-state index contributed by atoms with van der Waals surface area (Å²) in [7, 11) is 0. The van der Waals surface area contributed by atoms with Crippen molar-refractivity contribution < 1.29 is 4.74 Å². The summed E-state index contributed by atoms with van der Waals surface area (Å²) in [5.41, 5.74) is 2.32. The van der Waals surface area contributed by atoms with Crippen molar-refractivity contribution >= 4 is 11.6 Å². The molecule has 0 unspecified atom stereocenters. The molecule has 0 saturated heterocycles. The SMILES string of the molecule is CCCc1nc(Cl)cc(Oc2cc(C)ccc2C(C)C)n1. The molecule has 0 saturated carbocycles. The highest BCUT2D eigenvalue weighted by Gasteiger charge is 2.11. The first-order valence-corrected chi connectivity index (χ1v) is 7.69. The van der Waals surface area contributed by atoms with Crippen LogP contribution in [0.1, 0.15) is 50.1 Å². The van der Waals surface area contributed by atoms with Crippen molar-refractivity contribution in [3.05, 3.63) is 46.4 Å². The number of rotatable bonds is 5. The van der Waals surface area contributed by atoms with Crippen molar-refractivity contribution in [2.24, 2.45) is 0 Å². The van der Waals surface area contributed by atoms with Crippen LogP contribution in [0.5, 0.6) is 11.6 Å². The van der Waals surface area contributed by atoms with Gasteiger partial charge in [0.05, 0.1) is 0 Å². The van der Waals surface area contributed by atoms with E-state index in [1.165, 1.54) is 0 Å². The summed E-state index contributed by atoms with van der Waals surface area (Å²) < 4.78 is 5.98. The molecule has 1 aromatic heterocycles. The molecule has 0 bridgehead atoms. The Morgan fingerprint density at radius 1 is 1.19 bits per heavy atom. The van der Waals surface area contributed by atoms with E-state index < -0.39 is 0 Å². The summed E-state index contributed by atoms with van der Waals surface area (Å²) >= 11 is 6.05. The molecule has 2 rings (SSSR count). The third-order valence-electron chi connectivity index (χ3n) is 3.20. The standard InChI is InChI=1S/C17H21ClN2O/c1-5-6-16-19-15(18)10-17(20-16)21-14-9-12(4)7-8-13(14)11(2)3/h7-11H,5-6H2,1-4H3. The Labute approximate surface area is 131 Å². The lowest BCUT2D eigenvalue weighted by Crippen LogP contribution is -2.00. The molecule has 1 aromatic carbocycles. The van der Waals surface area contributed by atoms with Crippen LogP contribution in [0.2, 0.25) is 5.15 Å². The lowest BCUT2D eigenvalue weighted by molar-refractivity contribution is 0.449. The molecule has 0 radical (unpaired) electrons. The van der Waals surface area contributed by atoms with Gasteiger partial charge in [0.25, 0.3) is 0 Å². The van der Waals surface area contributed by atoms with Crippen LogP contribution in [-0.2, 0) is 6.42 Å². The first kappa shape index (κ1) is 15.8. The van der Waals surface area contributed by atoms with Gasteiger partial charge in [0, 0.05) is 12.5 Å². The fourth-order valence-electron chi connectivity index (χ4n) is 2.15. The van der Waals surface area contributed by atoms with E-state index in [1.54, 1.807) is 6.07 Å². The minimum absolute atomic E-state index is 0.382. The van der Waals surface area contributed by atoms with Crippen LogP contribution >= 0.6 is 11.6 Å². The molecule has 0 aliphatic carbocycles. The molecule has 0 atom stereocenters. The Morgan fingerprint density at radius 2 is 1.95 bits per heavy atom. The molecule has 1 heterocycles. The lowest BCUT2D eigenvalue weighted by atomic mass is 10.0. The maximum Gasteiger partial charge on any atom is 0.224 e. The average Bonchev–Trinajstić information content (AvgIpc) is 2.38. The van der Waals surface area contributed by atoms with E-state index in [2.05, 4.69) is 42.9 Å². The topological polar surface area (TPSA) is 35.0 Å². The van der Waals surface area contributed by atoms with E-state index in [0.717, 1.165) is 35.5 Å². The van der Waals surface area contributed by atoms with Crippen LogP contribution < -0.4 is 4.74 Å². The molecule has 112 valence electrons. The smallest absolute Gasteiger partial charge is 0.224 e. The molecule has 0 N–H and O–H groups in total. The number of aryl methyl sites for hydroxylation is 2. The van der Waals surface area contributed by atoms with Gasteiger partial charge in [0.15, 0.2) is 0 Å². The van der Waals surface area contributed by atoms with Gasteiger partial charge in [0.2, 0.25) is 5.88 Å². The predicted octanol–water partition coefficient (Wildman–Crippen LogP) is 5.31. The van der Waals surface area contributed by atoms with E-state index >= 15 is 0 Å². The number of hydrogen-bond acceptors (Lipinski definition) is 3. The number of aromatic nitrogens is 2. The Bertz CT molecular complexity index is 626. The molecule has 4 heteroatoms. The van der Waals surface area contributed by atoms with Crippen molar-refractivity contribution in [1.82, 2.24) is 9.97 Å². The summed E-state index contributed by atoms with van der Waals surface area (Å²) in [4.78, 5) is 8.65. The minimum Gasteiger partial charge on any atom is -0.439 e. The maximum absolute atomic E-state index is 6.05. The summed E-state index contributed by atoms with van der Waals surface area (Å²) in [5.74, 6) is 2.44. The molecular formula is C17H21ClN2O. The third kappa shape index (κ3) is 4.18. The van der Waals surface area contributed by atoms with Crippen LogP contribution in [0.4, 0.5) is 0 Å². The van der Waals surface area contributed by atoms with Crippen molar-refractivity contribution in [3.8, 4) is 11.6 Å². The van der Waals surface area contributed by atoms with Gasteiger partial charge in [-0.05, 0) is 36.5 Å². The van der Waals surface area contributed by atoms with Crippen LogP contribution in [0.3, 0.4) is 0 Å². The second-order valence-electron chi connectivity index (χ2n) is 5.49. The fourth-order valence-corrected chi connectivity index (χ4v) is 2.34. The molecule has 2 aromatic rings. The highest BCUT2D eigenvalue weighted by atomic mass is 35.5. The van der Waals surface area contributed by atoms with Crippen LogP contribution in [-0.4, -0.2) is 9.97 Å². The van der Waals surface area contributed by atoms with Gasteiger partial charge in [-0.25, -0.2) is 4.98 Å². The molecule has 0 aliphatic heterocycles. The number of hydrogen-bond donors (Lipinski definition) is 0. The molecule has 0 aliphatic rings. The van der Waals surface area contributed by atoms with Crippen molar-refractivity contribution in [3.63, 3.8) is 0 Å². The Morgan fingerprint density at radius 3 is 2.62 bits per heavy atom. The summed E-state index contributed by atoms with van der Waals surface area (Å²) in [6.07, 6.45) is 1.77. The maximum atomic E-state index is 6.05. The van der Waals surface area contributed by atoms with E-state index in [-0.39, 0.29) is 0 Å². The molecule has 0 spiro atoms. The second-order valence-corrected chi connectivity index (χ2v) is 5.88. The zero-order chi connectivity index (χ0) is 15.4. The first-order chi connectivity index (χ1) is 9.99. The second kappa shape index (κ2) is 6.90. The largest absolute Gasteiger partial charge is 0.439 e. The predicted molar refractivity (Wildman–Crippen MR) is 86.4 cm³/mol. The zero-order valence-corrected chi connectivity index (χ0v) is 13.7. The van der Waals surface area contributed by atoms with Gasteiger partial charge in [-0.3, -0.25) is 0 Å². The van der Waals surface area contributed by atoms with Crippen LogP contribution in [0.25, 0.3) is 0 Å². The van der Waals surface area contributed by atoms with E-state index in [4.69, 9.17) is 16.3 Å². The lowest BCUT2D eigenvalue weighted by Gasteiger charge is -2.14. The van der Waals surface area contributed by atoms with Crippen molar-refractivity contribution in [1.29, 1.82) is 0 Å². The number of halogens is 1.